The lowest BCUT2D eigenvalue weighted by atomic mass is 10.2. The lowest BCUT2D eigenvalue weighted by molar-refractivity contribution is -0.129. The molecule has 1 unspecified atom stereocenters. The van der Waals surface area contributed by atoms with Crippen LogP contribution < -0.4 is 10.6 Å². The molecule has 2 amide bonds. The first-order valence-corrected chi connectivity index (χ1v) is 7.45. The minimum atomic E-state index is -0.405. The van der Waals surface area contributed by atoms with E-state index in [1.165, 1.54) is 0 Å². The van der Waals surface area contributed by atoms with Crippen LogP contribution in [0.15, 0.2) is 24.3 Å². The average Bonchev–Trinajstić information content (AvgIpc) is 3.01. The van der Waals surface area contributed by atoms with Gasteiger partial charge in [-0.25, -0.2) is 0 Å². The van der Waals surface area contributed by atoms with E-state index in [-0.39, 0.29) is 18.4 Å². The summed E-state index contributed by atoms with van der Waals surface area (Å²) in [6.45, 7) is 5.65. The summed E-state index contributed by atoms with van der Waals surface area (Å²) in [6, 6.07) is 7.23. The number of carbonyl (C=O) groups excluding carboxylic acids is 2. The van der Waals surface area contributed by atoms with Gasteiger partial charge in [-0.15, -0.1) is 0 Å². The Labute approximate surface area is 125 Å². The maximum atomic E-state index is 12.0. The number of rotatable bonds is 5. The van der Waals surface area contributed by atoms with E-state index in [1.807, 2.05) is 36.1 Å². The fourth-order valence-corrected chi connectivity index (χ4v) is 2.30. The molecule has 2 N–H and O–H groups in total. The Morgan fingerprint density at radius 1 is 1.19 bits per heavy atom. The van der Waals surface area contributed by atoms with Crippen molar-refractivity contribution in [1.82, 2.24) is 10.2 Å². The fourth-order valence-electron chi connectivity index (χ4n) is 2.30. The Bertz CT molecular complexity index is 493. The van der Waals surface area contributed by atoms with Crippen molar-refractivity contribution in [1.29, 1.82) is 0 Å². The number of nitrogens with zero attached hydrogens (tertiary/aromatic N) is 1. The predicted molar refractivity (Wildman–Crippen MR) is 83.1 cm³/mol. The molecule has 0 aromatic heterocycles. The van der Waals surface area contributed by atoms with E-state index in [9.17, 15) is 9.59 Å². The highest BCUT2D eigenvalue weighted by molar-refractivity contribution is 5.94. The van der Waals surface area contributed by atoms with E-state index in [0.29, 0.717) is 0 Å². The van der Waals surface area contributed by atoms with Crippen LogP contribution in [0.3, 0.4) is 0 Å². The molecule has 21 heavy (non-hydrogen) atoms. The van der Waals surface area contributed by atoms with E-state index in [1.54, 1.807) is 6.92 Å². The third-order valence-electron chi connectivity index (χ3n) is 3.73. The van der Waals surface area contributed by atoms with Gasteiger partial charge in [0.15, 0.2) is 0 Å². The number of amides is 2. The predicted octanol–water partition coefficient (Wildman–Crippen LogP) is 1.53. The summed E-state index contributed by atoms with van der Waals surface area (Å²) in [4.78, 5) is 25.8. The Balaban J connectivity index is 1.76. The topological polar surface area (TPSA) is 61.4 Å². The van der Waals surface area contributed by atoms with Crippen LogP contribution in [0.25, 0.3) is 0 Å². The monoisotopic (exact) mass is 289 g/mol. The van der Waals surface area contributed by atoms with Crippen LogP contribution in [0.4, 0.5) is 5.69 Å². The highest BCUT2D eigenvalue weighted by Crippen LogP contribution is 2.09. The van der Waals surface area contributed by atoms with Crippen LogP contribution in [-0.4, -0.2) is 42.4 Å². The molecule has 0 saturated carbocycles. The summed E-state index contributed by atoms with van der Waals surface area (Å²) in [7, 11) is 0. The summed E-state index contributed by atoms with van der Waals surface area (Å²) in [5, 5.41) is 5.82. The Morgan fingerprint density at radius 3 is 2.43 bits per heavy atom. The first-order valence-electron chi connectivity index (χ1n) is 7.45. The van der Waals surface area contributed by atoms with Gasteiger partial charge in [-0.2, -0.15) is 0 Å². The number of nitrogens with one attached hydrogen (secondary N) is 2. The maximum absolute atomic E-state index is 12.0. The number of benzene rings is 1. The van der Waals surface area contributed by atoms with Crippen molar-refractivity contribution in [2.45, 2.75) is 32.7 Å². The molecule has 5 heteroatoms. The maximum Gasteiger partial charge on any atom is 0.241 e. The number of aryl methyl sites for hydroxylation is 1. The molecule has 1 aromatic carbocycles. The largest absolute Gasteiger partial charge is 0.342 e. The van der Waals surface area contributed by atoms with Crippen molar-refractivity contribution in [2.75, 3.05) is 25.0 Å². The van der Waals surface area contributed by atoms with Gasteiger partial charge >= 0.3 is 0 Å². The molecule has 1 heterocycles. The molecular formula is C16H23N3O2. The number of hydrogen-bond acceptors (Lipinski definition) is 3. The van der Waals surface area contributed by atoms with E-state index in [4.69, 9.17) is 0 Å². The molecule has 1 atom stereocenters. The Hall–Kier alpha value is -1.88. The van der Waals surface area contributed by atoms with Crippen molar-refractivity contribution < 1.29 is 9.59 Å². The number of hydrogen-bond donors (Lipinski definition) is 2. The van der Waals surface area contributed by atoms with Gasteiger partial charge < -0.3 is 10.2 Å². The second kappa shape index (κ2) is 7.22. The molecule has 5 nitrogen and oxygen atoms in total. The summed E-state index contributed by atoms with van der Waals surface area (Å²) in [5.74, 6) is -0.0597. The van der Waals surface area contributed by atoms with Crippen molar-refractivity contribution in [3.8, 4) is 0 Å². The minimum Gasteiger partial charge on any atom is -0.342 e. The molecule has 114 valence electrons. The summed E-state index contributed by atoms with van der Waals surface area (Å²) in [6.07, 6.45) is 2.16. The highest BCUT2D eigenvalue weighted by Gasteiger charge is 2.19. The molecule has 0 bridgehead atoms. The first-order chi connectivity index (χ1) is 10.1. The van der Waals surface area contributed by atoms with Gasteiger partial charge in [0.1, 0.15) is 0 Å². The molecule has 0 aliphatic carbocycles. The average molecular weight is 289 g/mol. The van der Waals surface area contributed by atoms with Gasteiger partial charge in [-0.05, 0) is 38.8 Å². The van der Waals surface area contributed by atoms with Crippen LogP contribution in [-0.2, 0) is 9.59 Å². The number of anilines is 1. The second-order valence-electron chi connectivity index (χ2n) is 5.55. The van der Waals surface area contributed by atoms with Crippen LogP contribution in [0.5, 0.6) is 0 Å². The summed E-state index contributed by atoms with van der Waals surface area (Å²) in [5.41, 5.74) is 1.92. The van der Waals surface area contributed by atoms with Gasteiger partial charge in [0.25, 0.3) is 0 Å². The third kappa shape index (κ3) is 4.56. The quantitative estimate of drug-likeness (QED) is 0.864. The van der Waals surface area contributed by atoms with E-state index < -0.39 is 6.04 Å². The molecule has 1 aromatic rings. The lowest BCUT2D eigenvalue weighted by Gasteiger charge is -2.18. The van der Waals surface area contributed by atoms with Gasteiger partial charge in [-0.3, -0.25) is 14.9 Å². The SMILES string of the molecule is Cc1ccc(NC(=O)C(C)NCC(=O)N2CCCC2)cc1. The van der Waals surface area contributed by atoms with Gasteiger partial charge in [0, 0.05) is 18.8 Å². The zero-order chi connectivity index (χ0) is 15.2. The third-order valence-corrected chi connectivity index (χ3v) is 3.73. The molecule has 1 saturated heterocycles. The molecular weight excluding hydrogens is 266 g/mol. The normalized spacial score (nSPS) is 15.8. The molecule has 0 spiro atoms. The lowest BCUT2D eigenvalue weighted by Crippen LogP contribution is -2.44. The molecule has 1 aliphatic rings. The summed E-state index contributed by atoms with van der Waals surface area (Å²) >= 11 is 0. The fraction of sp³-hybridized carbons (Fsp3) is 0.500. The van der Waals surface area contributed by atoms with Crippen molar-refractivity contribution >= 4 is 17.5 Å². The standard InChI is InChI=1S/C16H23N3O2/c1-12-5-7-14(8-6-12)18-16(21)13(2)17-11-15(20)19-9-3-4-10-19/h5-8,13,17H,3-4,9-11H2,1-2H3,(H,18,21). The Kier molecular flexibility index (Phi) is 5.33. The second-order valence-corrected chi connectivity index (χ2v) is 5.55. The minimum absolute atomic E-state index is 0.0717. The highest BCUT2D eigenvalue weighted by atomic mass is 16.2. The van der Waals surface area contributed by atoms with Gasteiger partial charge in [-0.1, -0.05) is 17.7 Å². The first kappa shape index (κ1) is 15.5. The van der Waals surface area contributed by atoms with Crippen molar-refractivity contribution in [2.24, 2.45) is 0 Å². The Morgan fingerprint density at radius 2 is 1.81 bits per heavy atom. The number of carbonyl (C=O) groups is 2. The van der Waals surface area contributed by atoms with E-state index >= 15 is 0 Å². The summed E-state index contributed by atoms with van der Waals surface area (Å²) < 4.78 is 0. The van der Waals surface area contributed by atoms with Crippen LogP contribution in [0.2, 0.25) is 0 Å². The molecule has 2 rings (SSSR count). The van der Waals surface area contributed by atoms with Crippen LogP contribution in [0.1, 0.15) is 25.3 Å². The van der Waals surface area contributed by atoms with E-state index in [0.717, 1.165) is 37.2 Å². The zero-order valence-corrected chi connectivity index (χ0v) is 12.7. The molecule has 1 aliphatic heterocycles. The van der Waals surface area contributed by atoms with Gasteiger partial charge in [0.2, 0.25) is 11.8 Å². The van der Waals surface area contributed by atoms with Crippen molar-refractivity contribution in [3.05, 3.63) is 29.8 Å². The molecule has 0 radical (unpaired) electrons. The smallest absolute Gasteiger partial charge is 0.241 e. The van der Waals surface area contributed by atoms with Crippen LogP contribution >= 0.6 is 0 Å². The van der Waals surface area contributed by atoms with Crippen LogP contribution in [0, 0.1) is 6.92 Å². The van der Waals surface area contributed by atoms with Crippen molar-refractivity contribution in [3.63, 3.8) is 0 Å². The molecule has 1 fully saturated rings. The van der Waals surface area contributed by atoms with E-state index in [2.05, 4.69) is 10.6 Å². The van der Waals surface area contributed by atoms with Gasteiger partial charge in [0.05, 0.1) is 12.6 Å². The number of likely N-dealkylation sites (tertiary alicyclic amines) is 1. The zero-order valence-electron chi connectivity index (χ0n) is 12.7.